The van der Waals surface area contributed by atoms with Crippen molar-refractivity contribution >= 4 is 35.6 Å². The van der Waals surface area contributed by atoms with Crippen molar-refractivity contribution in [2.45, 2.75) is 18.9 Å². The first-order valence-electron chi connectivity index (χ1n) is 9.90. The van der Waals surface area contributed by atoms with Crippen LogP contribution in [-0.4, -0.2) is 88.4 Å². The first-order chi connectivity index (χ1) is 13.2. The lowest BCUT2D eigenvalue weighted by Gasteiger charge is -2.37. The number of piperazine rings is 1. The summed E-state index contributed by atoms with van der Waals surface area (Å²) in [6.45, 7) is 7.34. The van der Waals surface area contributed by atoms with Crippen molar-refractivity contribution in [3.8, 4) is 0 Å². The van der Waals surface area contributed by atoms with Crippen LogP contribution in [0.25, 0.3) is 0 Å². The number of anilines is 1. The zero-order valence-corrected chi connectivity index (χ0v) is 19.3. The molecule has 28 heavy (non-hydrogen) atoms. The number of ether oxygens (including phenoxy) is 1. The monoisotopic (exact) mass is 505 g/mol. The highest BCUT2D eigenvalue weighted by molar-refractivity contribution is 14.0. The summed E-state index contributed by atoms with van der Waals surface area (Å²) in [5, 5.41) is 3.52. The van der Waals surface area contributed by atoms with E-state index in [1.54, 1.807) is 7.11 Å². The molecule has 0 radical (unpaired) electrons. The topological polar surface area (TPSA) is 43.3 Å². The third kappa shape index (κ3) is 6.73. The molecule has 0 aromatic heterocycles. The average Bonchev–Trinajstić information content (AvgIpc) is 3.54. The van der Waals surface area contributed by atoms with Gasteiger partial charge in [0.1, 0.15) is 5.82 Å². The zero-order chi connectivity index (χ0) is 19.1. The molecule has 0 amide bonds. The van der Waals surface area contributed by atoms with E-state index in [1.165, 1.54) is 25.0 Å². The van der Waals surface area contributed by atoms with Crippen LogP contribution in [0, 0.1) is 5.82 Å². The molecule has 2 aliphatic rings. The molecule has 8 heteroatoms. The minimum Gasteiger partial charge on any atom is -0.383 e. The molecule has 3 rings (SSSR count). The quantitative estimate of drug-likeness (QED) is 0.334. The summed E-state index contributed by atoms with van der Waals surface area (Å²) >= 11 is 0. The Kier molecular flexibility index (Phi) is 9.73. The van der Waals surface area contributed by atoms with Gasteiger partial charge in [-0.3, -0.25) is 9.89 Å². The smallest absolute Gasteiger partial charge is 0.193 e. The second kappa shape index (κ2) is 11.8. The number of guanidine groups is 1. The van der Waals surface area contributed by atoms with Crippen molar-refractivity contribution in [1.29, 1.82) is 0 Å². The SMILES string of the molecule is CN=C(NCCN(CCOC)C1CC1)N1CCN(c2ccc(F)cc2)CC1.I. The molecular weight excluding hydrogens is 472 g/mol. The molecule has 1 aromatic rings. The zero-order valence-electron chi connectivity index (χ0n) is 16.9. The van der Waals surface area contributed by atoms with Crippen LogP contribution >= 0.6 is 24.0 Å². The lowest BCUT2D eigenvalue weighted by molar-refractivity contribution is 0.144. The first kappa shape index (κ1) is 23.2. The number of benzene rings is 1. The Labute approximate surface area is 185 Å². The molecule has 1 N–H and O–H groups in total. The maximum atomic E-state index is 13.1. The van der Waals surface area contributed by atoms with E-state index in [2.05, 4.69) is 25.0 Å². The average molecular weight is 505 g/mol. The molecule has 0 atom stereocenters. The molecule has 0 bridgehead atoms. The van der Waals surface area contributed by atoms with Crippen LogP contribution in [0.1, 0.15) is 12.8 Å². The molecule has 1 heterocycles. The van der Waals surface area contributed by atoms with Gasteiger partial charge in [-0.15, -0.1) is 24.0 Å². The normalized spacial score (nSPS) is 17.6. The standard InChI is InChI=1S/C20H32FN5O.HI/c1-22-20(23-9-10-24(15-16-27-2)19-7-8-19)26-13-11-25(12-14-26)18-5-3-17(21)4-6-18;/h3-6,19H,7-16H2,1-2H3,(H,22,23);1H. The van der Waals surface area contributed by atoms with Crippen LogP contribution in [0.2, 0.25) is 0 Å². The number of hydrogen-bond acceptors (Lipinski definition) is 4. The van der Waals surface area contributed by atoms with Crippen LogP contribution < -0.4 is 10.2 Å². The van der Waals surface area contributed by atoms with E-state index < -0.39 is 0 Å². The van der Waals surface area contributed by atoms with E-state index in [-0.39, 0.29) is 29.8 Å². The van der Waals surface area contributed by atoms with E-state index in [0.29, 0.717) is 0 Å². The van der Waals surface area contributed by atoms with Gasteiger partial charge in [0, 0.05) is 71.7 Å². The van der Waals surface area contributed by atoms with E-state index in [9.17, 15) is 4.39 Å². The van der Waals surface area contributed by atoms with Gasteiger partial charge >= 0.3 is 0 Å². The third-order valence-corrected chi connectivity index (χ3v) is 5.31. The summed E-state index contributed by atoms with van der Waals surface area (Å²) in [7, 11) is 3.61. The van der Waals surface area contributed by atoms with Crippen LogP contribution in [0.15, 0.2) is 29.3 Å². The van der Waals surface area contributed by atoms with Gasteiger partial charge in [-0.25, -0.2) is 4.39 Å². The summed E-state index contributed by atoms with van der Waals surface area (Å²) in [6.07, 6.45) is 2.62. The molecule has 0 unspecified atom stereocenters. The fraction of sp³-hybridized carbons (Fsp3) is 0.650. The highest BCUT2D eigenvalue weighted by Crippen LogP contribution is 2.26. The van der Waals surface area contributed by atoms with Gasteiger partial charge < -0.3 is 19.9 Å². The number of aliphatic imine (C=N–C) groups is 1. The highest BCUT2D eigenvalue weighted by Gasteiger charge is 2.28. The number of rotatable bonds is 8. The van der Waals surface area contributed by atoms with E-state index >= 15 is 0 Å². The van der Waals surface area contributed by atoms with E-state index in [1.807, 2.05) is 19.2 Å². The molecule has 158 valence electrons. The highest BCUT2D eigenvalue weighted by atomic mass is 127. The number of nitrogens with zero attached hydrogens (tertiary/aromatic N) is 4. The predicted molar refractivity (Wildman–Crippen MR) is 123 cm³/mol. The van der Waals surface area contributed by atoms with Crippen LogP contribution in [0.5, 0.6) is 0 Å². The molecule has 1 aliphatic heterocycles. The molecule has 1 saturated carbocycles. The third-order valence-electron chi connectivity index (χ3n) is 5.31. The van der Waals surface area contributed by atoms with Crippen LogP contribution in [-0.2, 0) is 4.74 Å². The Morgan fingerprint density at radius 1 is 1.18 bits per heavy atom. The van der Waals surface area contributed by atoms with Gasteiger partial charge in [-0.1, -0.05) is 0 Å². The van der Waals surface area contributed by atoms with Crippen molar-refractivity contribution in [1.82, 2.24) is 15.1 Å². The van der Waals surface area contributed by atoms with E-state index in [4.69, 9.17) is 4.74 Å². The second-order valence-electron chi connectivity index (χ2n) is 7.18. The molecule has 2 fully saturated rings. The summed E-state index contributed by atoms with van der Waals surface area (Å²) in [5.74, 6) is 0.781. The largest absolute Gasteiger partial charge is 0.383 e. The summed E-state index contributed by atoms with van der Waals surface area (Å²) in [4.78, 5) is 11.6. The van der Waals surface area contributed by atoms with Gasteiger partial charge in [0.2, 0.25) is 0 Å². The fourth-order valence-corrected chi connectivity index (χ4v) is 3.60. The molecule has 6 nitrogen and oxygen atoms in total. The van der Waals surface area contributed by atoms with Crippen LogP contribution in [0.3, 0.4) is 0 Å². The molecule has 1 aromatic carbocycles. The number of hydrogen-bond donors (Lipinski definition) is 1. The van der Waals surface area contributed by atoms with Gasteiger partial charge in [0.15, 0.2) is 5.96 Å². The maximum absolute atomic E-state index is 13.1. The number of halogens is 2. The van der Waals surface area contributed by atoms with E-state index in [0.717, 1.165) is 70.1 Å². The number of methoxy groups -OCH3 is 1. The lowest BCUT2D eigenvalue weighted by atomic mass is 10.2. The van der Waals surface area contributed by atoms with Gasteiger partial charge in [0.25, 0.3) is 0 Å². The van der Waals surface area contributed by atoms with Crippen molar-refractivity contribution < 1.29 is 9.13 Å². The Hall–Kier alpha value is -1.13. The Morgan fingerprint density at radius 2 is 1.86 bits per heavy atom. The van der Waals surface area contributed by atoms with Crippen molar-refractivity contribution in [2.24, 2.45) is 4.99 Å². The minimum absolute atomic E-state index is 0. The van der Waals surface area contributed by atoms with Crippen LogP contribution in [0.4, 0.5) is 10.1 Å². The molecule has 1 aliphatic carbocycles. The van der Waals surface area contributed by atoms with Crippen molar-refractivity contribution in [2.75, 3.05) is 71.5 Å². The molecule has 0 spiro atoms. The molecule has 1 saturated heterocycles. The molecular formula is C20H33FIN5O. The Bertz CT molecular complexity index is 603. The van der Waals surface area contributed by atoms with Gasteiger partial charge in [-0.2, -0.15) is 0 Å². The number of nitrogens with one attached hydrogen (secondary N) is 1. The Balaban J connectivity index is 0.00000280. The lowest BCUT2D eigenvalue weighted by Crippen LogP contribution is -2.53. The minimum atomic E-state index is -0.187. The summed E-state index contributed by atoms with van der Waals surface area (Å²) in [6, 6.07) is 7.49. The van der Waals surface area contributed by atoms with Crippen molar-refractivity contribution in [3.05, 3.63) is 30.1 Å². The summed E-state index contributed by atoms with van der Waals surface area (Å²) in [5.41, 5.74) is 1.08. The van der Waals surface area contributed by atoms with Crippen molar-refractivity contribution in [3.63, 3.8) is 0 Å². The fourth-order valence-electron chi connectivity index (χ4n) is 3.60. The van der Waals surface area contributed by atoms with Gasteiger partial charge in [-0.05, 0) is 37.1 Å². The second-order valence-corrected chi connectivity index (χ2v) is 7.18. The first-order valence-corrected chi connectivity index (χ1v) is 9.90. The predicted octanol–water partition coefficient (Wildman–Crippen LogP) is 2.25. The Morgan fingerprint density at radius 3 is 2.43 bits per heavy atom. The summed E-state index contributed by atoms with van der Waals surface area (Å²) < 4.78 is 18.3. The maximum Gasteiger partial charge on any atom is 0.193 e. The van der Waals surface area contributed by atoms with Gasteiger partial charge in [0.05, 0.1) is 6.61 Å².